The van der Waals surface area contributed by atoms with Crippen molar-refractivity contribution in [3.8, 4) is 0 Å². The van der Waals surface area contributed by atoms with Crippen LogP contribution in [0.15, 0.2) is 53.4 Å². The van der Waals surface area contributed by atoms with E-state index in [2.05, 4.69) is 5.32 Å². The Morgan fingerprint density at radius 1 is 1.12 bits per heavy atom. The largest absolute Gasteiger partial charge is 0.326 e. The predicted octanol–water partition coefficient (Wildman–Crippen LogP) is 3.17. The fourth-order valence-electron chi connectivity index (χ4n) is 3.01. The van der Waals surface area contributed by atoms with Gasteiger partial charge < -0.3 is 5.32 Å². The summed E-state index contributed by atoms with van der Waals surface area (Å²) in [5.41, 5.74) is 1.48. The number of amides is 1. The number of hydrogen-bond acceptors (Lipinski definition) is 3. The lowest BCUT2D eigenvalue weighted by molar-refractivity contribution is -0.120. The Hall–Kier alpha value is -2.25. The summed E-state index contributed by atoms with van der Waals surface area (Å²) in [5, 5.41) is 2.73. The molecule has 1 N–H and O–H groups in total. The molecule has 3 rings (SSSR count). The first-order valence-corrected chi connectivity index (χ1v) is 9.93. The molecule has 0 spiro atoms. The number of carbonyl (C=O) groups is 1. The van der Waals surface area contributed by atoms with Crippen molar-refractivity contribution in [1.82, 2.24) is 4.31 Å². The van der Waals surface area contributed by atoms with E-state index in [-0.39, 0.29) is 23.2 Å². The van der Waals surface area contributed by atoms with Crippen molar-refractivity contribution in [2.24, 2.45) is 5.92 Å². The third-order valence-electron chi connectivity index (χ3n) is 4.53. The lowest BCUT2D eigenvalue weighted by Crippen LogP contribution is -2.43. The number of nitrogens with one attached hydrogen (secondary N) is 1. The smallest absolute Gasteiger partial charge is 0.243 e. The Bertz CT molecular complexity index is 880. The minimum atomic E-state index is -3.62. The van der Waals surface area contributed by atoms with Crippen LogP contribution in [0.4, 0.5) is 10.1 Å². The summed E-state index contributed by atoms with van der Waals surface area (Å²) >= 11 is 0. The van der Waals surface area contributed by atoms with E-state index < -0.39 is 15.9 Å². The molecule has 26 heavy (non-hydrogen) atoms. The van der Waals surface area contributed by atoms with E-state index in [0.717, 1.165) is 5.56 Å². The van der Waals surface area contributed by atoms with Gasteiger partial charge in [0.05, 0.1) is 10.8 Å². The van der Waals surface area contributed by atoms with Crippen molar-refractivity contribution >= 4 is 21.6 Å². The van der Waals surface area contributed by atoms with Gasteiger partial charge in [-0.25, -0.2) is 12.8 Å². The number of hydrogen-bond donors (Lipinski definition) is 1. The third kappa shape index (κ3) is 4.11. The lowest BCUT2D eigenvalue weighted by Gasteiger charge is -2.31. The molecule has 0 bridgehead atoms. The van der Waals surface area contributed by atoms with E-state index in [1.54, 1.807) is 24.3 Å². The van der Waals surface area contributed by atoms with Gasteiger partial charge in [0.15, 0.2) is 0 Å². The highest BCUT2D eigenvalue weighted by atomic mass is 32.2. The number of benzene rings is 2. The molecule has 0 radical (unpaired) electrons. The van der Waals surface area contributed by atoms with Crippen molar-refractivity contribution in [2.75, 3.05) is 18.4 Å². The van der Waals surface area contributed by atoms with Crippen LogP contribution in [0, 0.1) is 18.7 Å². The zero-order valence-electron chi connectivity index (χ0n) is 14.5. The van der Waals surface area contributed by atoms with E-state index in [1.165, 1.54) is 28.6 Å². The number of aryl methyl sites for hydroxylation is 1. The zero-order chi connectivity index (χ0) is 18.7. The maximum atomic E-state index is 13.0. The molecular formula is C19H21FN2O3S. The second kappa shape index (κ2) is 7.55. The van der Waals surface area contributed by atoms with E-state index in [1.807, 2.05) is 6.92 Å². The van der Waals surface area contributed by atoms with E-state index in [4.69, 9.17) is 0 Å². The van der Waals surface area contributed by atoms with Gasteiger partial charge in [-0.2, -0.15) is 4.31 Å². The summed E-state index contributed by atoms with van der Waals surface area (Å²) in [6.07, 6.45) is 1.24. The fraction of sp³-hybridized carbons (Fsp3) is 0.316. The van der Waals surface area contributed by atoms with Crippen LogP contribution in [-0.4, -0.2) is 31.7 Å². The van der Waals surface area contributed by atoms with Crippen molar-refractivity contribution in [2.45, 2.75) is 24.7 Å². The molecule has 0 aliphatic carbocycles. The van der Waals surface area contributed by atoms with Crippen molar-refractivity contribution < 1.29 is 17.6 Å². The van der Waals surface area contributed by atoms with Crippen molar-refractivity contribution in [3.05, 3.63) is 59.9 Å². The summed E-state index contributed by atoms with van der Waals surface area (Å²) in [6.45, 7) is 2.44. The topological polar surface area (TPSA) is 66.5 Å². The normalized spacial score (nSPS) is 18.5. The van der Waals surface area contributed by atoms with Crippen LogP contribution < -0.4 is 5.32 Å². The number of piperidine rings is 1. The van der Waals surface area contributed by atoms with Crippen LogP contribution in [0.5, 0.6) is 0 Å². The van der Waals surface area contributed by atoms with Crippen LogP contribution >= 0.6 is 0 Å². The highest BCUT2D eigenvalue weighted by Gasteiger charge is 2.33. The predicted molar refractivity (Wildman–Crippen MR) is 97.7 cm³/mol. The van der Waals surface area contributed by atoms with Crippen LogP contribution in [0.3, 0.4) is 0 Å². The average molecular weight is 376 g/mol. The number of halogens is 1. The maximum absolute atomic E-state index is 13.0. The molecule has 0 aromatic heterocycles. The molecule has 0 unspecified atom stereocenters. The van der Waals surface area contributed by atoms with Crippen LogP contribution in [0.1, 0.15) is 18.4 Å². The SMILES string of the molecule is Cc1ccc(S(=O)(=O)N2CCC[C@H](C(=O)Nc3ccc(F)cc3)C2)cc1. The molecular weight excluding hydrogens is 355 g/mol. The van der Waals surface area contributed by atoms with Gasteiger partial charge in [0, 0.05) is 18.8 Å². The molecule has 7 heteroatoms. The first-order chi connectivity index (χ1) is 12.4. The first kappa shape index (κ1) is 18.5. The molecule has 2 aromatic rings. The zero-order valence-corrected chi connectivity index (χ0v) is 15.3. The molecule has 1 atom stereocenters. The monoisotopic (exact) mass is 376 g/mol. The van der Waals surface area contributed by atoms with Gasteiger partial charge in [-0.1, -0.05) is 17.7 Å². The number of carbonyl (C=O) groups excluding carboxylic acids is 1. The molecule has 1 saturated heterocycles. The number of anilines is 1. The van der Waals surface area contributed by atoms with Gasteiger partial charge in [-0.15, -0.1) is 0 Å². The molecule has 1 amide bonds. The minimum Gasteiger partial charge on any atom is -0.326 e. The molecule has 1 fully saturated rings. The second-order valence-corrected chi connectivity index (χ2v) is 8.45. The Balaban J connectivity index is 1.71. The first-order valence-electron chi connectivity index (χ1n) is 8.49. The molecule has 1 heterocycles. The van der Waals surface area contributed by atoms with Gasteiger partial charge in [-0.3, -0.25) is 4.79 Å². The van der Waals surface area contributed by atoms with Crippen LogP contribution in [-0.2, 0) is 14.8 Å². The molecule has 0 saturated carbocycles. The van der Waals surface area contributed by atoms with E-state index in [0.29, 0.717) is 25.1 Å². The quantitative estimate of drug-likeness (QED) is 0.891. The second-order valence-electron chi connectivity index (χ2n) is 6.51. The standard InChI is InChI=1S/C19H21FN2O3S/c1-14-4-10-18(11-5-14)26(24,25)22-12-2-3-15(13-22)19(23)21-17-8-6-16(20)7-9-17/h4-11,15H,2-3,12-13H2,1H3,(H,21,23)/t15-/m0/s1. The van der Waals surface area contributed by atoms with Crippen LogP contribution in [0.25, 0.3) is 0 Å². The summed E-state index contributed by atoms with van der Waals surface area (Å²) in [7, 11) is -3.62. The van der Waals surface area contributed by atoms with Crippen molar-refractivity contribution in [3.63, 3.8) is 0 Å². The molecule has 1 aliphatic rings. The third-order valence-corrected chi connectivity index (χ3v) is 6.40. The van der Waals surface area contributed by atoms with Crippen molar-refractivity contribution in [1.29, 1.82) is 0 Å². The molecule has 5 nitrogen and oxygen atoms in total. The molecule has 138 valence electrons. The number of sulfonamides is 1. The minimum absolute atomic E-state index is 0.142. The van der Waals surface area contributed by atoms with Gasteiger partial charge in [0.2, 0.25) is 15.9 Å². The summed E-state index contributed by atoms with van der Waals surface area (Å²) in [5.74, 6) is -1.06. The summed E-state index contributed by atoms with van der Waals surface area (Å²) < 4.78 is 40.0. The Morgan fingerprint density at radius 3 is 2.42 bits per heavy atom. The Labute approximate surface area is 152 Å². The van der Waals surface area contributed by atoms with Gasteiger partial charge in [0.1, 0.15) is 5.82 Å². The molecule has 1 aliphatic heterocycles. The lowest BCUT2D eigenvalue weighted by atomic mass is 9.99. The van der Waals surface area contributed by atoms with E-state index in [9.17, 15) is 17.6 Å². The highest BCUT2D eigenvalue weighted by molar-refractivity contribution is 7.89. The van der Waals surface area contributed by atoms with E-state index >= 15 is 0 Å². The van der Waals surface area contributed by atoms with Crippen LogP contribution in [0.2, 0.25) is 0 Å². The molecule has 2 aromatic carbocycles. The van der Waals surface area contributed by atoms with Gasteiger partial charge in [-0.05, 0) is 56.2 Å². The maximum Gasteiger partial charge on any atom is 0.243 e. The van der Waals surface area contributed by atoms with Gasteiger partial charge >= 0.3 is 0 Å². The number of nitrogens with zero attached hydrogens (tertiary/aromatic N) is 1. The average Bonchev–Trinajstić information content (AvgIpc) is 2.64. The highest BCUT2D eigenvalue weighted by Crippen LogP contribution is 2.25. The van der Waals surface area contributed by atoms with Gasteiger partial charge in [0.25, 0.3) is 0 Å². The Morgan fingerprint density at radius 2 is 1.77 bits per heavy atom. The fourth-order valence-corrected chi connectivity index (χ4v) is 4.54. The summed E-state index contributed by atoms with van der Waals surface area (Å²) in [6, 6.07) is 12.2. The number of rotatable bonds is 4. The summed E-state index contributed by atoms with van der Waals surface area (Å²) in [4.78, 5) is 12.7. The Kier molecular flexibility index (Phi) is 5.38.